The molecule has 5 nitrogen and oxygen atoms in total. The van der Waals surface area contributed by atoms with Gasteiger partial charge in [-0.25, -0.2) is 0 Å². The van der Waals surface area contributed by atoms with Gasteiger partial charge in [0.15, 0.2) is 0 Å². The largest absolute Gasteiger partial charge is 0.466 e. The highest BCUT2D eigenvalue weighted by molar-refractivity contribution is 5.79. The Hall–Kier alpha value is -1.88. The number of hydrogen-bond donors (Lipinski definition) is 0. The Morgan fingerprint density at radius 1 is 1.18 bits per heavy atom. The molecule has 154 valence electrons. The first-order chi connectivity index (χ1) is 13.6. The third-order valence-corrected chi connectivity index (χ3v) is 6.10. The van der Waals surface area contributed by atoms with E-state index in [4.69, 9.17) is 4.74 Å². The minimum atomic E-state index is -0.225. The minimum Gasteiger partial charge on any atom is -0.466 e. The summed E-state index contributed by atoms with van der Waals surface area (Å²) in [6.45, 7) is 7.63. The van der Waals surface area contributed by atoms with Gasteiger partial charge in [-0.1, -0.05) is 25.1 Å². The molecule has 28 heavy (non-hydrogen) atoms. The average molecular weight is 387 g/mol. The molecule has 1 aromatic carbocycles. The van der Waals surface area contributed by atoms with Crippen molar-refractivity contribution in [1.29, 1.82) is 0 Å². The van der Waals surface area contributed by atoms with E-state index in [9.17, 15) is 9.59 Å². The summed E-state index contributed by atoms with van der Waals surface area (Å²) in [5.74, 6) is -0.109. The average Bonchev–Trinajstić information content (AvgIpc) is 3.33. The lowest BCUT2D eigenvalue weighted by molar-refractivity contribution is -0.144. The number of ether oxygens (including phenoxy) is 1. The fourth-order valence-electron chi connectivity index (χ4n) is 4.57. The molecule has 0 aromatic heterocycles. The molecule has 0 N–H and O–H groups in total. The van der Waals surface area contributed by atoms with Crippen LogP contribution in [0.25, 0.3) is 0 Å². The molecule has 1 amide bonds. The fourth-order valence-corrected chi connectivity index (χ4v) is 4.57. The van der Waals surface area contributed by atoms with E-state index in [1.165, 1.54) is 24.0 Å². The zero-order valence-electron chi connectivity index (χ0n) is 17.4. The number of carbonyl (C=O) groups excluding carboxylic acids is 2. The van der Waals surface area contributed by atoms with Gasteiger partial charge in [0.25, 0.3) is 0 Å². The maximum Gasteiger partial charge on any atom is 0.307 e. The summed E-state index contributed by atoms with van der Waals surface area (Å²) < 4.78 is 5.07. The number of nitrogens with zero attached hydrogens (tertiary/aromatic N) is 2. The molecule has 1 unspecified atom stereocenters. The summed E-state index contributed by atoms with van der Waals surface area (Å²) in [4.78, 5) is 29.3. The van der Waals surface area contributed by atoms with Gasteiger partial charge in [-0.05, 0) is 68.8 Å². The number of rotatable bonds is 9. The van der Waals surface area contributed by atoms with Crippen molar-refractivity contribution >= 4 is 11.9 Å². The first-order valence-electron chi connectivity index (χ1n) is 10.9. The topological polar surface area (TPSA) is 49.9 Å². The van der Waals surface area contributed by atoms with E-state index in [2.05, 4.69) is 30.0 Å². The Kier molecular flexibility index (Phi) is 7.49. The van der Waals surface area contributed by atoms with E-state index < -0.39 is 0 Å². The normalized spacial score (nSPS) is 18.9. The molecule has 3 rings (SSSR count). The van der Waals surface area contributed by atoms with Crippen molar-refractivity contribution in [2.24, 2.45) is 0 Å². The van der Waals surface area contributed by atoms with E-state index >= 15 is 0 Å². The highest BCUT2D eigenvalue weighted by Crippen LogP contribution is 2.23. The number of likely N-dealkylation sites (tertiary alicyclic amines) is 1. The highest BCUT2D eigenvalue weighted by atomic mass is 16.5. The molecule has 0 spiro atoms. The van der Waals surface area contributed by atoms with Crippen LogP contribution >= 0.6 is 0 Å². The summed E-state index contributed by atoms with van der Waals surface area (Å²) in [6.07, 6.45) is 6.48. The van der Waals surface area contributed by atoms with Gasteiger partial charge in [0.05, 0.1) is 19.4 Å². The van der Waals surface area contributed by atoms with Crippen LogP contribution in [-0.4, -0.2) is 60.5 Å². The molecule has 0 bridgehead atoms. The van der Waals surface area contributed by atoms with Crippen LogP contribution in [0.1, 0.15) is 56.2 Å². The summed E-state index contributed by atoms with van der Waals surface area (Å²) in [5, 5.41) is 0. The molecule has 1 aliphatic heterocycles. The van der Waals surface area contributed by atoms with Gasteiger partial charge in [0.1, 0.15) is 0 Å². The summed E-state index contributed by atoms with van der Waals surface area (Å²) in [6, 6.07) is 6.89. The lowest BCUT2D eigenvalue weighted by Gasteiger charge is -2.30. The van der Waals surface area contributed by atoms with Crippen LogP contribution in [0.3, 0.4) is 0 Å². The van der Waals surface area contributed by atoms with Crippen molar-refractivity contribution in [2.45, 2.75) is 64.8 Å². The second-order valence-electron chi connectivity index (χ2n) is 7.95. The first kappa shape index (κ1) is 20.8. The molecule has 1 saturated heterocycles. The van der Waals surface area contributed by atoms with Gasteiger partial charge in [0.2, 0.25) is 5.91 Å². The number of amides is 1. The minimum absolute atomic E-state index is 0.116. The SMILES string of the molecule is CCOC(=O)CCN(CC1CCCN1CC)C(=O)Cc1ccc2c(c1)CCC2. The lowest BCUT2D eigenvalue weighted by atomic mass is 10.0. The first-order valence-corrected chi connectivity index (χ1v) is 10.9. The Labute approximate surface area is 169 Å². The summed E-state index contributed by atoms with van der Waals surface area (Å²) in [7, 11) is 0. The number of esters is 1. The quantitative estimate of drug-likeness (QED) is 0.612. The van der Waals surface area contributed by atoms with Crippen LogP contribution in [-0.2, 0) is 33.6 Å². The Balaban J connectivity index is 1.65. The van der Waals surface area contributed by atoms with E-state index in [1.807, 2.05) is 11.8 Å². The van der Waals surface area contributed by atoms with Crippen molar-refractivity contribution < 1.29 is 14.3 Å². The molecular weight excluding hydrogens is 352 g/mol. The van der Waals surface area contributed by atoms with Gasteiger partial charge in [-0.2, -0.15) is 0 Å². The van der Waals surface area contributed by atoms with E-state index in [-0.39, 0.29) is 18.3 Å². The van der Waals surface area contributed by atoms with Crippen LogP contribution < -0.4 is 0 Å². The molecule has 1 aromatic rings. The Morgan fingerprint density at radius 2 is 2.00 bits per heavy atom. The third kappa shape index (κ3) is 5.34. The van der Waals surface area contributed by atoms with Crippen LogP contribution in [0.15, 0.2) is 18.2 Å². The number of likely N-dealkylation sites (N-methyl/N-ethyl adjacent to an activating group) is 1. The predicted molar refractivity (Wildman–Crippen MR) is 110 cm³/mol. The molecule has 2 aliphatic rings. The zero-order chi connectivity index (χ0) is 19.9. The number of carbonyl (C=O) groups is 2. The zero-order valence-corrected chi connectivity index (χ0v) is 17.4. The maximum absolute atomic E-state index is 13.1. The predicted octanol–water partition coefficient (Wildman–Crippen LogP) is 2.98. The number of aryl methyl sites for hydroxylation is 2. The second-order valence-corrected chi connectivity index (χ2v) is 7.95. The van der Waals surface area contributed by atoms with Crippen LogP contribution in [0.2, 0.25) is 0 Å². The van der Waals surface area contributed by atoms with Crippen molar-refractivity contribution in [1.82, 2.24) is 9.80 Å². The standard InChI is InChI=1S/C23H34N2O3/c1-3-24-13-6-9-21(24)17-25(14-12-23(27)28-4-2)22(26)16-18-10-11-19-7-5-8-20(19)15-18/h10-11,15,21H,3-9,12-14,16-17H2,1-2H3. The second kappa shape index (κ2) is 10.1. The van der Waals surface area contributed by atoms with E-state index in [0.717, 1.165) is 37.9 Å². The van der Waals surface area contributed by atoms with E-state index in [0.29, 0.717) is 32.2 Å². The van der Waals surface area contributed by atoms with Crippen molar-refractivity contribution in [3.05, 3.63) is 34.9 Å². The Morgan fingerprint density at radius 3 is 2.79 bits per heavy atom. The van der Waals surface area contributed by atoms with Gasteiger partial charge in [-0.3, -0.25) is 14.5 Å². The molecule has 1 fully saturated rings. The number of hydrogen-bond acceptors (Lipinski definition) is 4. The van der Waals surface area contributed by atoms with E-state index in [1.54, 1.807) is 0 Å². The molecular formula is C23H34N2O3. The van der Waals surface area contributed by atoms with Gasteiger partial charge >= 0.3 is 5.97 Å². The number of benzene rings is 1. The molecule has 0 radical (unpaired) electrons. The molecule has 1 aliphatic carbocycles. The van der Waals surface area contributed by atoms with Gasteiger partial charge in [0, 0.05) is 19.1 Å². The summed E-state index contributed by atoms with van der Waals surface area (Å²) in [5.41, 5.74) is 3.92. The van der Waals surface area contributed by atoms with Gasteiger partial charge in [-0.15, -0.1) is 0 Å². The summed E-state index contributed by atoms with van der Waals surface area (Å²) >= 11 is 0. The van der Waals surface area contributed by atoms with Crippen LogP contribution in [0.5, 0.6) is 0 Å². The molecule has 5 heteroatoms. The van der Waals surface area contributed by atoms with Crippen molar-refractivity contribution in [2.75, 3.05) is 32.8 Å². The third-order valence-electron chi connectivity index (χ3n) is 6.10. The smallest absolute Gasteiger partial charge is 0.307 e. The number of fused-ring (bicyclic) bond motifs is 1. The van der Waals surface area contributed by atoms with Gasteiger partial charge < -0.3 is 9.64 Å². The van der Waals surface area contributed by atoms with Crippen LogP contribution in [0.4, 0.5) is 0 Å². The monoisotopic (exact) mass is 386 g/mol. The lowest BCUT2D eigenvalue weighted by Crippen LogP contribution is -2.44. The Bertz CT molecular complexity index is 688. The molecule has 1 atom stereocenters. The fraction of sp³-hybridized carbons (Fsp3) is 0.652. The maximum atomic E-state index is 13.1. The van der Waals surface area contributed by atoms with Crippen LogP contribution in [0, 0.1) is 0 Å². The molecule has 0 saturated carbocycles. The van der Waals surface area contributed by atoms with Crippen molar-refractivity contribution in [3.63, 3.8) is 0 Å². The van der Waals surface area contributed by atoms with Crippen molar-refractivity contribution in [3.8, 4) is 0 Å². The highest BCUT2D eigenvalue weighted by Gasteiger charge is 2.27. The molecule has 1 heterocycles.